The molecule has 1 aromatic rings. The fraction of sp³-hybridized carbons (Fsp3) is 0.200. The summed E-state index contributed by atoms with van der Waals surface area (Å²) in [6, 6.07) is 9.63. The zero-order valence-corrected chi connectivity index (χ0v) is 12.7. The van der Waals surface area contributed by atoms with Crippen LogP contribution in [0.5, 0.6) is 0 Å². The standard InChI is InChI=1S/C15H14Cl2N2O/c1-19(2)8-11-13(10-6-4-3-5-7-10)12(9-20)15(17)18-14(11)16/h3-9,13H,1-2H3/b11-8-. The van der Waals surface area contributed by atoms with E-state index >= 15 is 0 Å². The van der Waals surface area contributed by atoms with E-state index in [9.17, 15) is 4.79 Å². The van der Waals surface area contributed by atoms with Gasteiger partial charge in [0.2, 0.25) is 0 Å². The molecule has 0 fully saturated rings. The first-order valence-corrected chi connectivity index (χ1v) is 6.82. The molecule has 3 nitrogen and oxygen atoms in total. The zero-order chi connectivity index (χ0) is 14.7. The second kappa shape index (κ2) is 6.25. The fourth-order valence-electron chi connectivity index (χ4n) is 2.15. The van der Waals surface area contributed by atoms with Gasteiger partial charge in [-0.2, -0.15) is 0 Å². The normalized spacial score (nSPS) is 20.9. The summed E-state index contributed by atoms with van der Waals surface area (Å²) in [6.07, 6.45) is 2.60. The second-order valence-corrected chi connectivity index (χ2v) is 5.37. The molecule has 0 aliphatic carbocycles. The van der Waals surface area contributed by atoms with E-state index in [0.29, 0.717) is 10.7 Å². The summed E-state index contributed by atoms with van der Waals surface area (Å²) in [5.41, 5.74) is 2.14. The van der Waals surface area contributed by atoms with Gasteiger partial charge in [-0.1, -0.05) is 53.5 Å². The molecule has 0 bridgehead atoms. The van der Waals surface area contributed by atoms with E-state index in [1.807, 2.05) is 55.5 Å². The van der Waals surface area contributed by atoms with Crippen molar-refractivity contribution in [2.24, 2.45) is 4.99 Å². The molecule has 104 valence electrons. The van der Waals surface area contributed by atoms with Crippen molar-refractivity contribution in [1.29, 1.82) is 0 Å². The van der Waals surface area contributed by atoms with Crippen LogP contribution in [0.2, 0.25) is 0 Å². The first-order valence-electron chi connectivity index (χ1n) is 6.07. The number of hydrogen-bond donors (Lipinski definition) is 0. The summed E-state index contributed by atoms with van der Waals surface area (Å²) in [5.74, 6) is -0.298. The summed E-state index contributed by atoms with van der Waals surface area (Å²) in [4.78, 5) is 17.3. The Kier molecular flexibility index (Phi) is 4.63. The molecule has 1 unspecified atom stereocenters. The molecule has 20 heavy (non-hydrogen) atoms. The number of rotatable bonds is 3. The lowest BCUT2D eigenvalue weighted by molar-refractivity contribution is -0.105. The molecule has 0 radical (unpaired) electrons. The van der Waals surface area contributed by atoms with Crippen molar-refractivity contribution in [3.63, 3.8) is 0 Å². The third-order valence-electron chi connectivity index (χ3n) is 2.95. The number of carbonyl (C=O) groups is 1. The molecular weight excluding hydrogens is 295 g/mol. The van der Waals surface area contributed by atoms with Crippen molar-refractivity contribution in [2.75, 3.05) is 14.1 Å². The Morgan fingerprint density at radius 2 is 1.85 bits per heavy atom. The van der Waals surface area contributed by atoms with Gasteiger partial charge in [0.05, 0.1) is 0 Å². The van der Waals surface area contributed by atoms with E-state index in [1.165, 1.54) is 0 Å². The number of carbonyl (C=O) groups excluding carboxylic acids is 1. The van der Waals surface area contributed by atoms with E-state index < -0.39 is 0 Å². The molecule has 0 aromatic heterocycles. The SMILES string of the molecule is CN(C)/C=C1\C(Cl)=NC(Cl)=C(C=O)C1c1ccccc1. The third-order valence-corrected chi connectivity index (χ3v) is 3.56. The van der Waals surface area contributed by atoms with Gasteiger partial charge in [0.15, 0.2) is 0 Å². The van der Waals surface area contributed by atoms with Crippen molar-refractivity contribution in [3.05, 3.63) is 58.4 Å². The van der Waals surface area contributed by atoms with Crippen molar-refractivity contribution < 1.29 is 4.79 Å². The summed E-state index contributed by atoms with van der Waals surface area (Å²) in [6.45, 7) is 0. The number of benzene rings is 1. The highest BCUT2D eigenvalue weighted by atomic mass is 35.5. The minimum atomic E-state index is -0.298. The Bertz CT molecular complexity index is 604. The number of aliphatic imine (C=N–C) groups is 1. The van der Waals surface area contributed by atoms with E-state index in [2.05, 4.69) is 4.99 Å². The Morgan fingerprint density at radius 3 is 2.40 bits per heavy atom. The monoisotopic (exact) mass is 308 g/mol. The smallest absolute Gasteiger partial charge is 0.150 e. The number of aldehydes is 1. The predicted molar refractivity (Wildman–Crippen MR) is 83.2 cm³/mol. The Labute approximate surface area is 128 Å². The van der Waals surface area contributed by atoms with Gasteiger partial charge < -0.3 is 4.90 Å². The lowest BCUT2D eigenvalue weighted by atomic mass is 9.85. The Hall–Kier alpha value is -1.58. The zero-order valence-electron chi connectivity index (χ0n) is 11.2. The number of hydrogen-bond acceptors (Lipinski definition) is 3. The van der Waals surface area contributed by atoms with E-state index in [1.54, 1.807) is 0 Å². The Morgan fingerprint density at radius 1 is 1.20 bits per heavy atom. The van der Waals surface area contributed by atoms with Crippen LogP contribution in [-0.2, 0) is 4.79 Å². The van der Waals surface area contributed by atoms with Crippen LogP contribution in [0.1, 0.15) is 11.5 Å². The van der Waals surface area contributed by atoms with Crippen LogP contribution < -0.4 is 0 Å². The van der Waals surface area contributed by atoms with Crippen molar-refractivity contribution in [1.82, 2.24) is 4.90 Å². The van der Waals surface area contributed by atoms with E-state index in [4.69, 9.17) is 23.2 Å². The van der Waals surface area contributed by atoms with Gasteiger partial charge in [-0.3, -0.25) is 4.79 Å². The van der Waals surface area contributed by atoms with Gasteiger partial charge in [0.25, 0.3) is 0 Å². The minimum Gasteiger partial charge on any atom is -0.383 e. The molecule has 0 N–H and O–H groups in total. The molecule has 0 saturated heterocycles. The van der Waals surface area contributed by atoms with Gasteiger partial charge in [-0.15, -0.1) is 0 Å². The van der Waals surface area contributed by atoms with Gasteiger partial charge in [-0.25, -0.2) is 4.99 Å². The van der Waals surface area contributed by atoms with Crippen LogP contribution in [0.25, 0.3) is 0 Å². The van der Waals surface area contributed by atoms with Crippen LogP contribution in [0.4, 0.5) is 0 Å². The van der Waals surface area contributed by atoms with Crippen LogP contribution in [0.15, 0.2) is 57.8 Å². The maximum Gasteiger partial charge on any atom is 0.150 e. The largest absolute Gasteiger partial charge is 0.383 e. The van der Waals surface area contributed by atoms with Crippen molar-refractivity contribution >= 4 is 34.7 Å². The molecule has 1 heterocycles. The maximum atomic E-state index is 11.4. The molecule has 1 aliphatic rings. The van der Waals surface area contributed by atoms with Gasteiger partial charge in [-0.05, 0) is 5.56 Å². The Balaban J connectivity index is 2.63. The average molecular weight is 309 g/mol. The first kappa shape index (κ1) is 14.8. The quantitative estimate of drug-likeness (QED) is 0.632. The summed E-state index contributed by atoms with van der Waals surface area (Å²) in [5, 5.41) is 0.456. The fourth-order valence-corrected chi connectivity index (χ4v) is 2.67. The van der Waals surface area contributed by atoms with Gasteiger partial charge in [0.1, 0.15) is 16.6 Å². The molecule has 0 saturated carbocycles. The van der Waals surface area contributed by atoms with Crippen LogP contribution in [-0.4, -0.2) is 30.5 Å². The molecule has 1 atom stereocenters. The first-order chi connectivity index (χ1) is 9.54. The maximum absolute atomic E-state index is 11.4. The van der Waals surface area contributed by atoms with E-state index in [0.717, 1.165) is 17.4 Å². The highest BCUT2D eigenvalue weighted by molar-refractivity contribution is 6.70. The molecule has 1 aliphatic heterocycles. The van der Waals surface area contributed by atoms with Gasteiger partial charge >= 0.3 is 0 Å². The topological polar surface area (TPSA) is 32.7 Å². The number of nitrogens with zero attached hydrogens (tertiary/aromatic N) is 2. The number of halogens is 2. The van der Waals surface area contributed by atoms with Gasteiger partial charge in [0, 0.05) is 37.4 Å². The highest BCUT2D eigenvalue weighted by Gasteiger charge is 2.30. The molecule has 1 aromatic carbocycles. The van der Waals surface area contributed by atoms with Crippen molar-refractivity contribution in [2.45, 2.75) is 5.92 Å². The predicted octanol–water partition coefficient (Wildman–Crippen LogP) is 3.52. The lowest BCUT2D eigenvalue weighted by Gasteiger charge is -2.25. The molecule has 5 heteroatoms. The summed E-state index contributed by atoms with van der Waals surface area (Å²) < 4.78 is 0. The number of allylic oxidation sites excluding steroid dienone is 2. The van der Waals surface area contributed by atoms with Crippen molar-refractivity contribution in [3.8, 4) is 0 Å². The molecule has 0 amide bonds. The average Bonchev–Trinajstić information content (AvgIpc) is 2.42. The molecule has 2 rings (SSSR count). The lowest BCUT2D eigenvalue weighted by Crippen LogP contribution is -2.19. The molecule has 0 spiro atoms. The van der Waals surface area contributed by atoms with Crippen LogP contribution in [0, 0.1) is 0 Å². The summed E-state index contributed by atoms with van der Waals surface area (Å²) >= 11 is 12.3. The third kappa shape index (κ3) is 2.94. The van der Waals surface area contributed by atoms with Crippen LogP contribution >= 0.6 is 23.2 Å². The second-order valence-electron chi connectivity index (χ2n) is 4.66. The highest BCUT2D eigenvalue weighted by Crippen LogP contribution is 2.39. The molecular formula is C15H14Cl2N2O. The summed E-state index contributed by atoms with van der Waals surface area (Å²) in [7, 11) is 3.78. The van der Waals surface area contributed by atoms with Crippen LogP contribution in [0.3, 0.4) is 0 Å². The van der Waals surface area contributed by atoms with E-state index in [-0.39, 0.29) is 11.1 Å². The minimum absolute atomic E-state index is 0.148.